The van der Waals surface area contributed by atoms with Crippen molar-refractivity contribution >= 4 is 21.6 Å². The third kappa shape index (κ3) is 4.12. The van der Waals surface area contributed by atoms with Gasteiger partial charge in [0.15, 0.2) is 0 Å². The van der Waals surface area contributed by atoms with Crippen molar-refractivity contribution in [3.63, 3.8) is 0 Å². The molecule has 0 radical (unpaired) electrons. The second-order valence-corrected chi connectivity index (χ2v) is 8.31. The van der Waals surface area contributed by atoms with Crippen LogP contribution in [0.15, 0.2) is 47.4 Å². The summed E-state index contributed by atoms with van der Waals surface area (Å²) in [6.45, 7) is 3.32. The van der Waals surface area contributed by atoms with Crippen LogP contribution in [0.25, 0.3) is 0 Å². The molecule has 2 aromatic carbocycles. The van der Waals surface area contributed by atoms with Crippen molar-refractivity contribution in [2.75, 3.05) is 24.9 Å². The zero-order valence-electron chi connectivity index (χ0n) is 15.2. The smallest absolute Gasteiger partial charge is 0.262 e. The number of sulfonamides is 1. The van der Waals surface area contributed by atoms with Gasteiger partial charge in [0.05, 0.1) is 10.6 Å². The minimum absolute atomic E-state index is 0.0775. The number of hydrogen-bond acceptors (Lipinski definition) is 4. The molecule has 27 heavy (non-hydrogen) atoms. The number of likely N-dealkylation sites (N-methyl/N-ethyl adjacent to an activating group) is 1. The van der Waals surface area contributed by atoms with Gasteiger partial charge in [-0.1, -0.05) is 18.2 Å². The molecule has 0 aromatic heterocycles. The number of nitrogens with one attached hydrogen (secondary N) is 2. The van der Waals surface area contributed by atoms with E-state index < -0.39 is 15.8 Å². The summed E-state index contributed by atoms with van der Waals surface area (Å²) in [6, 6.07) is 9.95. The van der Waals surface area contributed by atoms with Gasteiger partial charge in [-0.05, 0) is 49.7 Å². The number of para-hydroxylation sites is 1. The molecule has 1 heterocycles. The number of aryl methyl sites for hydroxylation is 1. The summed E-state index contributed by atoms with van der Waals surface area (Å²) in [5.74, 6) is -0.901. The van der Waals surface area contributed by atoms with Gasteiger partial charge >= 0.3 is 0 Å². The normalized spacial score (nSPS) is 16.9. The number of benzene rings is 2. The minimum atomic E-state index is -4.03. The lowest BCUT2D eigenvalue weighted by Crippen LogP contribution is -2.38. The van der Waals surface area contributed by atoms with Crippen molar-refractivity contribution in [1.82, 2.24) is 10.2 Å². The van der Waals surface area contributed by atoms with Crippen LogP contribution in [0.2, 0.25) is 0 Å². The Morgan fingerprint density at radius 3 is 2.67 bits per heavy atom. The fourth-order valence-electron chi connectivity index (χ4n) is 3.07. The summed E-state index contributed by atoms with van der Waals surface area (Å²) < 4.78 is 41.3. The van der Waals surface area contributed by atoms with Gasteiger partial charge in [0, 0.05) is 25.2 Å². The average molecular weight is 391 g/mol. The van der Waals surface area contributed by atoms with E-state index in [1.54, 1.807) is 24.9 Å². The summed E-state index contributed by atoms with van der Waals surface area (Å²) in [7, 11) is -2.31. The first kappa shape index (κ1) is 19.3. The third-order valence-electron chi connectivity index (χ3n) is 4.77. The predicted octanol–water partition coefficient (Wildman–Crippen LogP) is 2.37. The maximum Gasteiger partial charge on any atom is 0.262 e. The van der Waals surface area contributed by atoms with E-state index in [2.05, 4.69) is 10.0 Å². The number of hydrogen-bond donors (Lipinski definition) is 2. The highest BCUT2D eigenvalue weighted by molar-refractivity contribution is 7.92. The molecular weight excluding hydrogens is 369 g/mol. The Labute approximate surface area is 158 Å². The van der Waals surface area contributed by atoms with E-state index in [-0.39, 0.29) is 22.5 Å². The molecule has 0 bridgehead atoms. The molecule has 1 fully saturated rings. The van der Waals surface area contributed by atoms with Crippen molar-refractivity contribution < 1.29 is 17.6 Å². The topological polar surface area (TPSA) is 78.5 Å². The van der Waals surface area contributed by atoms with Gasteiger partial charge in [-0.3, -0.25) is 9.52 Å². The van der Waals surface area contributed by atoms with Crippen LogP contribution in [0.3, 0.4) is 0 Å². The lowest BCUT2D eigenvalue weighted by Gasteiger charge is -2.24. The maximum absolute atomic E-state index is 13.8. The van der Waals surface area contributed by atoms with Crippen LogP contribution >= 0.6 is 0 Å². The fraction of sp³-hybridized carbons (Fsp3) is 0.316. The van der Waals surface area contributed by atoms with Crippen LogP contribution in [-0.2, 0) is 10.0 Å². The van der Waals surface area contributed by atoms with Crippen LogP contribution in [0.1, 0.15) is 22.3 Å². The largest absolute Gasteiger partial charge is 0.337 e. The molecule has 0 saturated carbocycles. The molecule has 2 aromatic rings. The van der Waals surface area contributed by atoms with Crippen LogP contribution in [0.4, 0.5) is 10.1 Å². The molecular formula is C19H22FN3O3S. The fourth-order valence-corrected chi connectivity index (χ4v) is 4.17. The Bertz CT molecular complexity index is 956. The zero-order chi connectivity index (χ0) is 19.6. The number of nitrogens with zero attached hydrogens (tertiary/aromatic N) is 1. The molecule has 1 unspecified atom stereocenters. The quantitative estimate of drug-likeness (QED) is 0.820. The second kappa shape index (κ2) is 7.66. The summed E-state index contributed by atoms with van der Waals surface area (Å²) in [5.41, 5.74) is 0.864. The number of anilines is 1. The van der Waals surface area contributed by atoms with Crippen molar-refractivity contribution in [1.29, 1.82) is 0 Å². The van der Waals surface area contributed by atoms with E-state index in [1.165, 1.54) is 36.4 Å². The number of carbonyl (C=O) groups excluding carboxylic acids is 1. The van der Waals surface area contributed by atoms with Crippen LogP contribution in [0.5, 0.6) is 0 Å². The summed E-state index contributed by atoms with van der Waals surface area (Å²) in [5, 5.41) is 3.21. The van der Waals surface area contributed by atoms with E-state index in [1.807, 2.05) is 0 Å². The Kier molecular flexibility index (Phi) is 5.48. The molecule has 1 saturated heterocycles. The lowest BCUT2D eigenvalue weighted by molar-refractivity contribution is 0.0743. The van der Waals surface area contributed by atoms with E-state index in [0.717, 1.165) is 13.0 Å². The standard InChI is InChI=1S/C19H22FN3O3S/c1-13-7-8-15(27(25,26)22-18-6-4-3-5-17(18)20)11-16(13)19(24)23(2)14-9-10-21-12-14/h3-8,11,14,21-22H,9-10,12H2,1-2H3. The Morgan fingerprint density at radius 1 is 1.26 bits per heavy atom. The molecule has 0 spiro atoms. The van der Waals surface area contributed by atoms with Crippen molar-refractivity contribution in [3.8, 4) is 0 Å². The molecule has 2 N–H and O–H groups in total. The average Bonchev–Trinajstić information content (AvgIpc) is 3.17. The molecule has 1 aliphatic rings. The first-order valence-electron chi connectivity index (χ1n) is 8.65. The molecule has 144 valence electrons. The maximum atomic E-state index is 13.8. The molecule has 6 nitrogen and oxygen atoms in total. The van der Waals surface area contributed by atoms with E-state index in [4.69, 9.17) is 0 Å². The highest BCUT2D eigenvalue weighted by Crippen LogP contribution is 2.22. The van der Waals surface area contributed by atoms with Gasteiger partial charge in [-0.2, -0.15) is 0 Å². The van der Waals surface area contributed by atoms with E-state index in [0.29, 0.717) is 17.7 Å². The van der Waals surface area contributed by atoms with Crippen LogP contribution in [-0.4, -0.2) is 45.4 Å². The Balaban J connectivity index is 1.90. The summed E-state index contributed by atoms with van der Waals surface area (Å²) in [4.78, 5) is 14.4. The molecule has 0 aliphatic carbocycles. The highest BCUT2D eigenvalue weighted by atomic mass is 32.2. The van der Waals surface area contributed by atoms with Gasteiger partial charge in [0.2, 0.25) is 0 Å². The lowest BCUT2D eigenvalue weighted by atomic mass is 10.1. The second-order valence-electron chi connectivity index (χ2n) is 6.62. The van der Waals surface area contributed by atoms with Gasteiger partial charge in [0.1, 0.15) is 5.82 Å². The Morgan fingerprint density at radius 2 is 2.00 bits per heavy atom. The van der Waals surface area contributed by atoms with Gasteiger partial charge in [-0.15, -0.1) is 0 Å². The summed E-state index contributed by atoms with van der Waals surface area (Å²) in [6.07, 6.45) is 0.855. The molecule has 1 amide bonds. The van der Waals surface area contributed by atoms with Gasteiger partial charge < -0.3 is 10.2 Å². The van der Waals surface area contributed by atoms with E-state index >= 15 is 0 Å². The van der Waals surface area contributed by atoms with E-state index in [9.17, 15) is 17.6 Å². The first-order chi connectivity index (χ1) is 12.8. The molecule has 8 heteroatoms. The third-order valence-corrected chi connectivity index (χ3v) is 6.13. The zero-order valence-corrected chi connectivity index (χ0v) is 16.0. The van der Waals surface area contributed by atoms with Crippen LogP contribution < -0.4 is 10.0 Å². The summed E-state index contributed by atoms with van der Waals surface area (Å²) >= 11 is 0. The molecule has 1 atom stereocenters. The van der Waals surface area contributed by atoms with Gasteiger partial charge in [0.25, 0.3) is 15.9 Å². The highest BCUT2D eigenvalue weighted by Gasteiger charge is 2.26. The van der Waals surface area contributed by atoms with Crippen molar-refractivity contribution in [2.24, 2.45) is 0 Å². The van der Waals surface area contributed by atoms with Gasteiger partial charge in [-0.25, -0.2) is 12.8 Å². The first-order valence-corrected chi connectivity index (χ1v) is 10.1. The molecule has 3 rings (SSSR count). The molecule has 1 aliphatic heterocycles. The minimum Gasteiger partial charge on any atom is -0.337 e. The number of carbonyl (C=O) groups is 1. The number of halogens is 1. The predicted molar refractivity (Wildman–Crippen MR) is 102 cm³/mol. The van der Waals surface area contributed by atoms with Crippen LogP contribution in [0, 0.1) is 12.7 Å². The van der Waals surface area contributed by atoms with Crippen molar-refractivity contribution in [3.05, 3.63) is 59.4 Å². The SMILES string of the molecule is Cc1ccc(S(=O)(=O)Nc2ccccc2F)cc1C(=O)N(C)C1CCNC1. The number of rotatable bonds is 5. The van der Waals surface area contributed by atoms with Crippen molar-refractivity contribution in [2.45, 2.75) is 24.3 Å². The monoisotopic (exact) mass is 391 g/mol. The Hall–Kier alpha value is -2.45. The number of amides is 1.